The first-order valence-electron chi connectivity index (χ1n) is 10.0. The van der Waals surface area contributed by atoms with Crippen LogP contribution in [0.1, 0.15) is 22.9 Å². The van der Waals surface area contributed by atoms with Gasteiger partial charge in [-0.25, -0.2) is 0 Å². The number of carbonyl (C=O) groups excluding carboxylic acids is 2. The number of anilines is 1. The van der Waals surface area contributed by atoms with Crippen LogP contribution in [0.3, 0.4) is 0 Å². The highest BCUT2D eigenvalue weighted by Gasteiger charge is 2.49. The van der Waals surface area contributed by atoms with Crippen LogP contribution in [0.4, 0.5) is 5.82 Å². The normalized spacial score (nSPS) is 17.3. The first-order valence-corrected chi connectivity index (χ1v) is 10.0. The molecule has 2 heterocycles. The molecule has 1 amide bonds. The van der Waals surface area contributed by atoms with Crippen molar-refractivity contribution in [2.75, 3.05) is 26.2 Å². The third-order valence-electron chi connectivity index (χ3n) is 5.40. The predicted molar refractivity (Wildman–Crippen MR) is 119 cm³/mol. The molecular formula is C24H22N2O7. The highest BCUT2D eigenvalue weighted by atomic mass is 16.5. The molecule has 0 aliphatic carbocycles. The Hall–Kier alpha value is -4.27. The highest BCUT2D eigenvalue weighted by molar-refractivity contribution is 6.51. The van der Waals surface area contributed by atoms with Crippen molar-refractivity contribution in [3.63, 3.8) is 0 Å². The van der Waals surface area contributed by atoms with Crippen LogP contribution >= 0.6 is 0 Å². The Morgan fingerprint density at radius 1 is 1.03 bits per heavy atom. The van der Waals surface area contributed by atoms with E-state index < -0.39 is 17.7 Å². The number of amides is 1. The van der Waals surface area contributed by atoms with E-state index in [4.69, 9.17) is 18.7 Å². The Morgan fingerprint density at radius 2 is 1.76 bits per heavy atom. The van der Waals surface area contributed by atoms with Gasteiger partial charge in [0.05, 0.1) is 26.9 Å². The number of ether oxygens (including phenoxy) is 3. The van der Waals surface area contributed by atoms with Crippen LogP contribution in [0, 0.1) is 6.92 Å². The molecule has 1 aliphatic rings. The summed E-state index contributed by atoms with van der Waals surface area (Å²) in [4.78, 5) is 27.5. The average Bonchev–Trinajstić information content (AvgIpc) is 3.38. The third kappa shape index (κ3) is 3.67. The van der Waals surface area contributed by atoms with Crippen molar-refractivity contribution in [2.45, 2.75) is 13.0 Å². The summed E-state index contributed by atoms with van der Waals surface area (Å²) in [5.74, 6) is -0.160. The van der Waals surface area contributed by atoms with Crippen molar-refractivity contribution < 1.29 is 33.4 Å². The molecule has 1 aromatic heterocycles. The number of hydrogen-bond acceptors (Lipinski definition) is 8. The Kier molecular flexibility index (Phi) is 5.78. The monoisotopic (exact) mass is 450 g/mol. The fraction of sp³-hybridized carbons (Fsp3) is 0.208. The van der Waals surface area contributed by atoms with Crippen molar-refractivity contribution >= 4 is 23.3 Å². The quantitative estimate of drug-likeness (QED) is 0.344. The van der Waals surface area contributed by atoms with Gasteiger partial charge in [-0.05, 0) is 37.3 Å². The maximum atomic E-state index is 13.2. The molecule has 1 N–H and O–H groups in total. The molecule has 2 aromatic carbocycles. The molecule has 1 atom stereocenters. The summed E-state index contributed by atoms with van der Waals surface area (Å²) < 4.78 is 21.3. The molecule has 0 radical (unpaired) electrons. The fourth-order valence-electron chi connectivity index (χ4n) is 3.86. The van der Waals surface area contributed by atoms with Crippen LogP contribution < -0.4 is 19.1 Å². The molecule has 4 rings (SSSR count). The second-order valence-electron chi connectivity index (χ2n) is 7.28. The number of hydrogen-bond donors (Lipinski definition) is 1. The number of rotatable bonds is 6. The van der Waals surface area contributed by atoms with Crippen molar-refractivity contribution in [2.24, 2.45) is 0 Å². The zero-order chi connectivity index (χ0) is 23.7. The minimum atomic E-state index is -1.04. The van der Waals surface area contributed by atoms with Crippen molar-refractivity contribution in [1.82, 2.24) is 5.16 Å². The lowest BCUT2D eigenvalue weighted by molar-refractivity contribution is -0.132. The smallest absolute Gasteiger partial charge is 0.301 e. The number of Topliss-reactive ketones (excluding diaryl/α,β-unsaturated/α-hetero) is 1. The van der Waals surface area contributed by atoms with Gasteiger partial charge >= 0.3 is 5.91 Å². The second kappa shape index (κ2) is 8.70. The van der Waals surface area contributed by atoms with Crippen LogP contribution in [0.15, 0.2) is 58.6 Å². The first kappa shape index (κ1) is 21.9. The molecule has 0 unspecified atom stereocenters. The Morgan fingerprint density at radius 3 is 2.33 bits per heavy atom. The Bertz CT molecular complexity index is 1240. The minimum Gasteiger partial charge on any atom is -0.507 e. The van der Waals surface area contributed by atoms with Gasteiger partial charge in [0.1, 0.15) is 23.3 Å². The van der Waals surface area contributed by atoms with E-state index in [0.29, 0.717) is 34.1 Å². The van der Waals surface area contributed by atoms with Gasteiger partial charge in [0.15, 0.2) is 17.3 Å². The van der Waals surface area contributed by atoms with Crippen LogP contribution in [0.2, 0.25) is 0 Å². The lowest BCUT2D eigenvalue weighted by atomic mass is 9.94. The number of methoxy groups -OCH3 is 3. The summed E-state index contributed by atoms with van der Waals surface area (Å²) in [6.45, 7) is 1.67. The van der Waals surface area contributed by atoms with E-state index in [1.807, 2.05) is 0 Å². The molecule has 0 spiro atoms. The lowest BCUT2D eigenvalue weighted by Gasteiger charge is -2.25. The highest BCUT2D eigenvalue weighted by Crippen LogP contribution is 2.47. The van der Waals surface area contributed by atoms with E-state index in [2.05, 4.69) is 5.16 Å². The van der Waals surface area contributed by atoms with E-state index in [1.165, 1.54) is 32.3 Å². The fourth-order valence-corrected chi connectivity index (χ4v) is 3.86. The number of ketones is 1. The summed E-state index contributed by atoms with van der Waals surface area (Å²) in [6.07, 6.45) is 0. The molecule has 1 aliphatic heterocycles. The molecule has 0 bridgehead atoms. The van der Waals surface area contributed by atoms with Gasteiger partial charge in [-0.3, -0.25) is 14.5 Å². The zero-order valence-electron chi connectivity index (χ0n) is 18.5. The summed E-state index contributed by atoms with van der Waals surface area (Å²) >= 11 is 0. The zero-order valence-corrected chi connectivity index (χ0v) is 18.5. The average molecular weight is 450 g/mol. The van der Waals surface area contributed by atoms with Gasteiger partial charge in [0, 0.05) is 17.2 Å². The van der Waals surface area contributed by atoms with Gasteiger partial charge in [-0.15, -0.1) is 0 Å². The SMILES string of the molecule is COc1ccc(/C(O)=C2\C(=O)C(=O)N(c3cc(C)on3)[C@@H]2c2cccc(OC)c2OC)cc1. The number of aliphatic hydroxyl groups excluding tert-OH is 1. The van der Waals surface area contributed by atoms with Crippen LogP contribution in [0.25, 0.3) is 5.76 Å². The number of nitrogens with zero attached hydrogens (tertiary/aromatic N) is 2. The lowest BCUT2D eigenvalue weighted by Crippen LogP contribution is -2.30. The molecule has 170 valence electrons. The van der Waals surface area contributed by atoms with Crippen molar-refractivity contribution in [3.05, 3.63) is 71.0 Å². The standard InChI is InChI=1S/C24H22N2O7/c1-13-12-18(25-33-13)26-20(16-6-5-7-17(31-3)23(16)32-4)19(22(28)24(26)29)21(27)14-8-10-15(30-2)11-9-14/h5-12,20,27H,1-4H3/b21-19+/t20-/m1/s1. The van der Waals surface area contributed by atoms with Crippen molar-refractivity contribution in [3.8, 4) is 17.2 Å². The third-order valence-corrected chi connectivity index (χ3v) is 5.40. The topological polar surface area (TPSA) is 111 Å². The number of aryl methyl sites for hydroxylation is 1. The van der Waals surface area contributed by atoms with Crippen LogP contribution in [-0.4, -0.2) is 43.3 Å². The summed E-state index contributed by atoms with van der Waals surface area (Å²) in [6, 6.07) is 12.1. The van der Waals surface area contributed by atoms with Crippen LogP contribution in [0.5, 0.6) is 17.2 Å². The molecule has 1 fully saturated rings. The van der Waals surface area contributed by atoms with Gasteiger partial charge < -0.3 is 23.8 Å². The molecule has 33 heavy (non-hydrogen) atoms. The van der Waals surface area contributed by atoms with E-state index in [0.717, 1.165) is 0 Å². The molecule has 1 saturated heterocycles. The molecule has 3 aromatic rings. The number of para-hydroxylation sites is 1. The van der Waals surface area contributed by atoms with Gasteiger partial charge in [0.25, 0.3) is 5.78 Å². The van der Waals surface area contributed by atoms with E-state index >= 15 is 0 Å². The van der Waals surface area contributed by atoms with E-state index in [-0.39, 0.29) is 17.2 Å². The number of carbonyl (C=O) groups is 2. The summed E-state index contributed by atoms with van der Waals surface area (Å²) in [5, 5.41) is 15.1. The predicted octanol–water partition coefficient (Wildman–Crippen LogP) is 3.64. The first-order chi connectivity index (χ1) is 15.9. The molecule has 9 nitrogen and oxygen atoms in total. The Balaban J connectivity index is 1.98. The van der Waals surface area contributed by atoms with Crippen molar-refractivity contribution in [1.29, 1.82) is 0 Å². The second-order valence-corrected chi connectivity index (χ2v) is 7.28. The molecular weight excluding hydrogens is 428 g/mol. The minimum absolute atomic E-state index is 0.114. The largest absolute Gasteiger partial charge is 0.507 e. The molecule has 9 heteroatoms. The van der Waals surface area contributed by atoms with E-state index in [9.17, 15) is 14.7 Å². The van der Waals surface area contributed by atoms with Gasteiger partial charge in [-0.2, -0.15) is 0 Å². The number of aromatic nitrogens is 1. The maximum Gasteiger partial charge on any atom is 0.301 e. The summed E-state index contributed by atoms with van der Waals surface area (Å²) in [7, 11) is 4.46. The number of benzene rings is 2. The number of aliphatic hydroxyl groups is 1. The maximum absolute atomic E-state index is 13.2. The molecule has 0 saturated carbocycles. The van der Waals surface area contributed by atoms with Crippen LogP contribution in [-0.2, 0) is 9.59 Å². The van der Waals surface area contributed by atoms with Gasteiger partial charge in [0.2, 0.25) is 0 Å². The van der Waals surface area contributed by atoms with Gasteiger partial charge in [-0.1, -0.05) is 17.3 Å². The summed E-state index contributed by atoms with van der Waals surface area (Å²) in [5.41, 5.74) is 0.668. The Labute approximate surface area is 189 Å². The van der Waals surface area contributed by atoms with E-state index in [1.54, 1.807) is 49.4 Å².